The van der Waals surface area contributed by atoms with Crippen LogP contribution >= 0.6 is 11.3 Å². The van der Waals surface area contributed by atoms with Crippen LogP contribution in [0.1, 0.15) is 53.1 Å². The molecule has 0 bridgehead atoms. The molecule has 170 valence electrons. The summed E-state index contributed by atoms with van der Waals surface area (Å²) in [5.41, 5.74) is 1.36. The minimum Gasteiger partial charge on any atom is -0.485 e. The first-order valence-corrected chi connectivity index (χ1v) is 11.9. The van der Waals surface area contributed by atoms with Crippen molar-refractivity contribution in [2.24, 2.45) is 0 Å². The fourth-order valence-corrected chi connectivity index (χ4v) is 4.58. The van der Waals surface area contributed by atoms with E-state index in [1.807, 2.05) is 36.4 Å². The zero-order valence-electron chi connectivity index (χ0n) is 18.2. The largest absolute Gasteiger partial charge is 0.485 e. The Hall–Kier alpha value is -3.39. The molecule has 1 aliphatic heterocycles. The number of fused-ring (bicyclic) bond motifs is 1. The van der Waals surface area contributed by atoms with Gasteiger partial charge in [0.1, 0.15) is 28.0 Å². The van der Waals surface area contributed by atoms with Crippen LogP contribution in [-0.4, -0.2) is 29.0 Å². The van der Waals surface area contributed by atoms with E-state index in [9.17, 15) is 9.59 Å². The van der Waals surface area contributed by atoms with Crippen LogP contribution in [0.25, 0.3) is 0 Å². The first-order chi connectivity index (χ1) is 16.1. The highest BCUT2D eigenvalue weighted by Gasteiger charge is 2.53. The van der Waals surface area contributed by atoms with E-state index in [4.69, 9.17) is 14.2 Å². The van der Waals surface area contributed by atoms with E-state index in [2.05, 4.69) is 22.4 Å². The molecule has 1 aliphatic carbocycles. The number of thiazole rings is 1. The summed E-state index contributed by atoms with van der Waals surface area (Å²) in [7, 11) is 0. The Bertz CT molecular complexity index is 1170. The molecule has 1 aromatic heterocycles. The van der Waals surface area contributed by atoms with Crippen LogP contribution in [0.2, 0.25) is 0 Å². The number of esters is 1. The molecule has 33 heavy (non-hydrogen) atoms. The normalized spacial score (nSPS) is 17.9. The molecule has 2 aliphatic rings. The lowest BCUT2D eigenvalue weighted by molar-refractivity contribution is -0.146. The molecule has 8 heteroatoms. The fraction of sp³-hybridized carbons (Fsp3) is 0.320. The predicted octanol–water partition coefficient (Wildman–Crippen LogP) is 4.83. The van der Waals surface area contributed by atoms with Crippen molar-refractivity contribution in [3.63, 3.8) is 0 Å². The van der Waals surface area contributed by atoms with Gasteiger partial charge in [0.05, 0.1) is 12.8 Å². The summed E-state index contributed by atoms with van der Waals surface area (Å²) < 4.78 is 17.2. The average molecular weight is 465 g/mol. The molecule has 1 atom stereocenters. The Morgan fingerprint density at radius 1 is 1.21 bits per heavy atom. The Morgan fingerprint density at radius 3 is 2.79 bits per heavy atom. The van der Waals surface area contributed by atoms with Crippen molar-refractivity contribution in [1.82, 2.24) is 10.3 Å². The predicted molar refractivity (Wildman–Crippen MR) is 123 cm³/mol. The Morgan fingerprint density at radius 2 is 2.03 bits per heavy atom. The number of rotatable bonds is 7. The van der Waals surface area contributed by atoms with Crippen molar-refractivity contribution in [2.45, 2.75) is 44.2 Å². The number of amides is 1. The lowest BCUT2D eigenvalue weighted by atomic mass is 9.97. The number of carbonyl (C=O) groups excluding carboxylic acids is 2. The molecule has 3 aromatic rings. The highest BCUT2D eigenvalue weighted by Crippen LogP contribution is 2.39. The zero-order valence-corrected chi connectivity index (χ0v) is 19.0. The van der Waals surface area contributed by atoms with Crippen LogP contribution in [-0.2, 0) is 16.0 Å². The Kier molecular flexibility index (Phi) is 5.76. The second kappa shape index (κ2) is 8.86. The zero-order chi connectivity index (χ0) is 22.8. The van der Waals surface area contributed by atoms with Crippen molar-refractivity contribution in [3.8, 4) is 16.7 Å². The smallest absolute Gasteiger partial charge is 0.331 e. The number of aromatic nitrogens is 1. The molecule has 0 unspecified atom stereocenters. The van der Waals surface area contributed by atoms with Crippen LogP contribution in [0.3, 0.4) is 0 Å². The average Bonchev–Trinajstić information content (AvgIpc) is 3.47. The Labute approximate surface area is 195 Å². The van der Waals surface area contributed by atoms with Crippen molar-refractivity contribution in [1.29, 1.82) is 0 Å². The van der Waals surface area contributed by atoms with Gasteiger partial charge in [-0.15, -0.1) is 0 Å². The molecule has 2 aromatic carbocycles. The van der Waals surface area contributed by atoms with Crippen LogP contribution in [0, 0.1) is 0 Å². The summed E-state index contributed by atoms with van der Waals surface area (Å²) >= 11 is 1.14. The van der Waals surface area contributed by atoms with Crippen molar-refractivity contribution >= 4 is 23.2 Å². The highest BCUT2D eigenvalue weighted by molar-refractivity contribution is 7.15. The number of hydrogen-bond donors (Lipinski definition) is 1. The maximum atomic E-state index is 12.6. The number of hydrogen-bond acceptors (Lipinski definition) is 7. The van der Waals surface area contributed by atoms with Crippen LogP contribution < -0.4 is 14.8 Å². The number of ether oxygens (including phenoxy) is 3. The van der Waals surface area contributed by atoms with E-state index in [1.165, 1.54) is 11.8 Å². The lowest BCUT2D eigenvalue weighted by Crippen LogP contribution is -2.43. The first kappa shape index (κ1) is 21.5. The topological polar surface area (TPSA) is 86.8 Å². The highest BCUT2D eigenvalue weighted by atomic mass is 32.1. The number of aryl methyl sites for hydroxylation is 1. The van der Waals surface area contributed by atoms with Gasteiger partial charge in [-0.2, -0.15) is 0 Å². The van der Waals surface area contributed by atoms with E-state index < -0.39 is 5.54 Å². The molecule has 0 radical (unpaired) electrons. The third-order valence-electron chi connectivity index (χ3n) is 5.83. The SMILES string of the molecule is CCOC(=O)C1(NC(=O)c2cnc(Oc3ccc4c(c3)CC[C@@H](c3ccccc3)O4)s2)CC1. The second-order valence-corrected chi connectivity index (χ2v) is 9.17. The summed E-state index contributed by atoms with van der Waals surface area (Å²) in [5.74, 6) is 0.765. The van der Waals surface area contributed by atoms with Gasteiger partial charge in [-0.1, -0.05) is 41.7 Å². The number of carbonyl (C=O) groups is 2. The number of nitrogens with zero attached hydrogens (tertiary/aromatic N) is 1. The third kappa shape index (κ3) is 4.57. The third-order valence-corrected chi connectivity index (χ3v) is 6.70. The summed E-state index contributed by atoms with van der Waals surface area (Å²) in [6.45, 7) is 2.03. The molecule has 0 spiro atoms. The van der Waals surface area contributed by atoms with Crippen LogP contribution in [0.4, 0.5) is 0 Å². The lowest BCUT2D eigenvalue weighted by Gasteiger charge is -2.26. The van der Waals surface area contributed by atoms with Crippen molar-refractivity contribution in [3.05, 3.63) is 70.7 Å². The molecule has 1 fully saturated rings. The maximum absolute atomic E-state index is 12.6. The molecule has 1 saturated carbocycles. The molecule has 1 amide bonds. The van der Waals surface area contributed by atoms with Gasteiger partial charge >= 0.3 is 5.97 Å². The van der Waals surface area contributed by atoms with E-state index in [-0.39, 0.29) is 24.6 Å². The Balaban J connectivity index is 1.22. The van der Waals surface area contributed by atoms with Crippen molar-refractivity contribution in [2.75, 3.05) is 6.61 Å². The van der Waals surface area contributed by atoms with E-state index in [1.54, 1.807) is 6.92 Å². The standard InChI is InChI=1S/C25H24N2O5S/c1-2-30-23(29)25(12-13-25)27-22(28)21-15-26-24(33-21)31-18-9-11-20-17(14-18)8-10-19(32-20)16-6-4-3-5-7-16/h3-7,9,11,14-15,19H,2,8,10,12-13H2,1H3,(H,27,28)/t19-/m0/s1. The molecular weight excluding hydrogens is 440 g/mol. The first-order valence-electron chi connectivity index (χ1n) is 11.0. The number of benzene rings is 2. The van der Waals surface area contributed by atoms with Crippen LogP contribution in [0.15, 0.2) is 54.7 Å². The van der Waals surface area contributed by atoms with Gasteiger partial charge < -0.3 is 19.5 Å². The minimum absolute atomic E-state index is 0.0508. The minimum atomic E-state index is -0.895. The molecule has 2 heterocycles. The van der Waals surface area contributed by atoms with E-state index in [0.717, 1.165) is 35.5 Å². The van der Waals surface area contributed by atoms with Crippen molar-refractivity contribution < 1.29 is 23.8 Å². The van der Waals surface area contributed by atoms with Gasteiger partial charge in [0, 0.05) is 0 Å². The van der Waals surface area contributed by atoms with Crippen LogP contribution in [0.5, 0.6) is 16.7 Å². The summed E-state index contributed by atoms with van der Waals surface area (Å²) in [5, 5.41) is 3.15. The quantitative estimate of drug-likeness (QED) is 0.504. The summed E-state index contributed by atoms with van der Waals surface area (Å²) in [4.78, 5) is 29.3. The molecule has 0 saturated heterocycles. The van der Waals surface area contributed by atoms with E-state index in [0.29, 0.717) is 28.7 Å². The molecule has 1 N–H and O–H groups in total. The van der Waals surface area contributed by atoms with Gasteiger partial charge in [0.15, 0.2) is 0 Å². The van der Waals surface area contributed by atoms with Gasteiger partial charge in [-0.05, 0) is 61.9 Å². The molecule has 5 rings (SSSR count). The molecular formula is C25H24N2O5S. The summed E-state index contributed by atoms with van der Waals surface area (Å²) in [6.07, 6.45) is 4.46. The fourth-order valence-electron chi connectivity index (χ4n) is 3.90. The number of nitrogens with one attached hydrogen (secondary N) is 1. The maximum Gasteiger partial charge on any atom is 0.331 e. The second-order valence-electron chi connectivity index (χ2n) is 8.17. The van der Waals surface area contributed by atoms with Gasteiger partial charge in [-0.3, -0.25) is 4.79 Å². The van der Waals surface area contributed by atoms with Gasteiger partial charge in [-0.25, -0.2) is 9.78 Å². The van der Waals surface area contributed by atoms with E-state index >= 15 is 0 Å². The molecule has 7 nitrogen and oxygen atoms in total. The van der Waals surface area contributed by atoms with Gasteiger partial charge in [0.25, 0.3) is 11.1 Å². The summed E-state index contributed by atoms with van der Waals surface area (Å²) in [6, 6.07) is 15.9. The monoisotopic (exact) mass is 464 g/mol. The van der Waals surface area contributed by atoms with Gasteiger partial charge in [0.2, 0.25) is 0 Å².